The van der Waals surface area contributed by atoms with E-state index < -0.39 is 10.0 Å². The molecule has 1 fully saturated rings. The van der Waals surface area contributed by atoms with E-state index in [9.17, 15) is 13.2 Å². The minimum absolute atomic E-state index is 0.0625. The van der Waals surface area contributed by atoms with Gasteiger partial charge in [0.1, 0.15) is 6.54 Å². The second-order valence-corrected chi connectivity index (χ2v) is 9.52. The van der Waals surface area contributed by atoms with Crippen LogP contribution in [0.5, 0.6) is 0 Å². The molecule has 9 heteroatoms. The second-order valence-electron chi connectivity index (χ2n) is 6.78. The second kappa shape index (κ2) is 8.69. The molecule has 1 saturated heterocycles. The van der Waals surface area contributed by atoms with Gasteiger partial charge in [-0.05, 0) is 42.5 Å². The monoisotopic (exact) mass is 442 g/mol. The van der Waals surface area contributed by atoms with E-state index in [1.54, 1.807) is 23.1 Å². The molecule has 1 aliphatic rings. The average molecular weight is 443 g/mol. The van der Waals surface area contributed by atoms with Gasteiger partial charge in [0.15, 0.2) is 0 Å². The van der Waals surface area contributed by atoms with Crippen molar-refractivity contribution in [1.29, 1.82) is 0 Å². The van der Waals surface area contributed by atoms with Gasteiger partial charge in [0, 0.05) is 10.0 Å². The molecule has 1 amide bonds. The number of likely N-dealkylation sites (N-methyl/N-ethyl adjacent to an activating group) is 1. The third-order valence-corrected chi connectivity index (χ3v) is 7.02. The summed E-state index contributed by atoms with van der Waals surface area (Å²) in [5, 5.41) is 0.828. The number of carbonyl (C=O) groups excluding carboxylic acids is 1. The first-order chi connectivity index (χ1) is 13.3. The fourth-order valence-corrected chi connectivity index (χ4v) is 4.76. The third kappa shape index (κ3) is 4.78. The van der Waals surface area contributed by atoms with Crippen LogP contribution in [0.25, 0.3) is 0 Å². The third-order valence-electron chi connectivity index (χ3n) is 4.75. The number of hydrogen-bond donors (Lipinski definition) is 1. The van der Waals surface area contributed by atoms with Crippen LogP contribution in [0.2, 0.25) is 10.0 Å². The van der Waals surface area contributed by atoms with E-state index in [0.29, 0.717) is 28.8 Å². The molecule has 150 valence electrons. The molecule has 0 aliphatic carbocycles. The van der Waals surface area contributed by atoms with E-state index >= 15 is 0 Å². The summed E-state index contributed by atoms with van der Waals surface area (Å²) in [5.41, 5.74) is 0.343. The Balaban J connectivity index is 1.93. The van der Waals surface area contributed by atoms with Gasteiger partial charge >= 0.3 is 0 Å². The first-order valence-electron chi connectivity index (χ1n) is 8.90. The standard InChI is InChI=1S/C19H21Cl2N3O3S/c1-22-9-11-23(12-10-22)19(25)14-24(17-4-2-3-16(21)13-17)28(26,27)18-7-5-15(20)6-8-18/h2-8,13H,9-12,14H2,1H3/p+1. The minimum Gasteiger partial charge on any atom is -0.334 e. The molecule has 2 aromatic carbocycles. The van der Waals surface area contributed by atoms with Crippen LogP contribution in [0.15, 0.2) is 53.4 Å². The fourth-order valence-electron chi connectivity index (χ4n) is 3.04. The van der Waals surface area contributed by atoms with Crippen LogP contribution in [-0.2, 0) is 14.8 Å². The number of amides is 1. The number of nitrogens with one attached hydrogen (secondary N) is 1. The van der Waals surface area contributed by atoms with Gasteiger partial charge in [-0.2, -0.15) is 0 Å². The maximum Gasteiger partial charge on any atom is 0.264 e. The van der Waals surface area contributed by atoms with Gasteiger partial charge in [0.05, 0.1) is 43.8 Å². The molecular weight excluding hydrogens is 421 g/mol. The summed E-state index contributed by atoms with van der Waals surface area (Å²) < 4.78 is 27.7. The van der Waals surface area contributed by atoms with E-state index in [4.69, 9.17) is 23.2 Å². The number of anilines is 1. The summed E-state index contributed by atoms with van der Waals surface area (Å²) in [6.07, 6.45) is 0. The van der Waals surface area contributed by atoms with Gasteiger partial charge in [-0.15, -0.1) is 0 Å². The predicted octanol–water partition coefficient (Wildman–Crippen LogP) is 1.55. The number of nitrogens with zero attached hydrogens (tertiary/aromatic N) is 2. The number of carbonyl (C=O) groups is 1. The predicted molar refractivity (Wildman–Crippen MR) is 111 cm³/mol. The zero-order chi connectivity index (χ0) is 20.3. The van der Waals surface area contributed by atoms with Gasteiger partial charge in [0.2, 0.25) is 5.91 Å². The largest absolute Gasteiger partial charge is 0.334 e. The Bertz CT molecular complexity index is 943. The van der Waals surface area contributed by atoms with Crippen molar-refractivity contribution in [1.82, 2.24) is 4.90 Å². The molecule has 0 atom stereocenters. The number of hydrogen-bond acceptors (Lipinski definition) is 3. The van der Waals surface area contributed by atoms with Crippen molar-refractivity contribution in [2.45, 2.75) is 4.90 Å². The highest BCUT2D eigenvalue weighted by molar-refractivity contribution is 7.92. The molecular formula is C19H22Cl2N3O3S+. The topological polar surface area (TPSA) is 62.1 Å². The van der Waals surface area contributed by atoms with Gasteiger partial charge in [-0.1, -0.05) is 29.3 Å². The quantitative estimate of drug-likeness (QED) is 0.763. The number of quaternary nitrogens is 1. The van der Waals surface area contributed by atoms with Crippen molar-refractivity contribution in [2.24, 2.45) is 0 Å². The van der Waals surface area contributed by atoms with Crippen molar-refractivity contribution >= 4 is 44.8 Å². The summed E-state index contributed by atoms with van der Waals surface area (Å²) >= 11 is 12.0. The lowest BCUT2D eigenvalue weighted by molar-refractivity contribution is -0.883. The molecule has 0 spiro atoms. The molecule has 2 aromatic rings. The molecule has 3 rings (SSSR count). The molecule has 0 radical (unpaired) electrons. The maximum atomic E-state index is 13.3. The van der Waals surface area contributed by atoms with Crippen LogP contribution in [0.3, 0.4) is 0 Å². The molecule has 0 saturated carbocycles. The molecule has 28 heavy (non-hydrogen) atoms. The van der Waals surface area contributed by atoms with Crippen LogP contribution in [0.1, 0.15) is 0 Å². The normalized spacial score (nSPS) is 15.5. The summed E-state index contributed by atoms with van der Waals surface area (Å²) in [5.74, 6) is -0.231. The van der Waals surface area contributed by atoms with Crippen molar-refractivity contribution in [3.05, 3.63) is 58.6 Å². The Morgan fingerprint density at radius 2 is 1.71 bits per heavy atom. The number of piperazine rings is 1. The minimum atomic E-state index is -3.97. The zero-order valence-electron chi connectivity index (χ0n) is 15.4. The Labute approximate surface area is 175 Å². The number of halogens is 2. The van der Waals surface area contributed by atoms with Crippen LogP contribution >= 0.6 is 23.2 Å². The van der Waals surface area contributed by atoms with Crippen LogP contribution < -0.4 is 9.21 Å². The van der Waals surface area contributed by atoms with Crippen LogP contribution in [-0.4, -0.2) is 59.0 Å². The van der Waals surface area contributed by atoms with Crippen LogP contribution in [0, 0.1) is 0 Å². The Morgan fingerprint density at radius 1 is 1.07 bits per heavy atom. The smallest absolute Gasteiger partial charge is 0.264 e. The van der Waals surface area contributed by atoms with E-state index in [0.717, 1.165) is 17.4 Å². The summed E-state index contributed by atoms with van der Waals surface area (Å²) in [7, 11) is -1.89. The summed E-state index contributed by atoms with van der Waals surface area (Å²) in [4.78, 5) is 16.0. The fraction of sp³-hybridized carbons (Fsp3) is 0.316. The molecule has 0 aromatic heterocycles. The lowest BCUT2D eigenvalue weighted by Gasteiger charge is -2.32. The summed E-state index contributed by atoms with van der Waals surface area (Å²) in [6.45, 7) is 2.61. The highest BCUT2D eigenvalue weighted by atomic mass is 35.5. The number of rotatable bonds is 5. The number of benzene rings is 2. The van der Waals surface area contributed by atoms with Gasteiger partial charge in [-0.3, -0.25) is 9.10 Å². The van der Waals surface area contributed by atoms with Gasteiger partial charge in [0.25, 0.3) is 10.0 Å². The molecule has 1 N–H and O–H groups in total. The molecule has 0 bridgehead atoms. The maximum absolute atomic E-state index is 13.3. The van der Waals surface area contributed by atoms with Gasteiger partial charge in [-0.25, -0.2) is 8.42 Å². The molecule has 0 unspecified atom stereocenters. The van der Waals surface area contributed by atoms with E-state index in [-0.39, 0.29) is 17.3 Å². The Kier molecular flexibility index (Phi) is 6.50. The highest BCUT2D eigenvalue weighted by Gasteiger charge is 2.30. The molecule has 1 aliphatic heterocycles. The first kappa shape index (κ1) is 20.9. The lowest BCUT2D eigenvalue weighted by Crippen LogP contribution is -3.12. The SMILES string of the molecule is C[NH+]1CCN(C(=O)CN(c2cccc(Cl)c2)S(=O)(=O)c2ccc(Cl)cc2)CC1. The van der Waals surface area contributed by atoms with Crippen molar-refractivity contribution in [3.63, 3.8) is 0 Å². The zero-order valence-corrected chi connectivity index (χ0v) is 17.8. The van der Waals surface area contributed by atoms with Gasteiger partial charge < -0.3 is 9.80 Å². The molecule has 1 heterocycles. The number of sulfonamides is 1. The summed E-state index contributed by atoms with van der Waals surface area (Å²) in [6, 6.07) is 12.4. The average Bonchev–Trinajstić information content (AvgIpc) is 2.66. The molecule has 6 nitrogen and oxygen atoms in total. The lowest BCUT2D eigenvalue weighted by atomic mass is 10.3. The van der Waals surface area contributed by atoms with Crippen molar-refractivity contribution < 1.29 is 18.1 Å². The van der Waals surface area contributed by atoms with Crippen molar-refractivity contribution in [3.8, 4) is 0 Å². The van der Waals surface area contributed by atoms with Crippen LogP contribution in [0.4, 0.5) is 5.69 Å². The Hall–Kier alpha value is -1.80. The highest BCUT2D eigenvalue weighted by Crippen LogP contribution is 2.27. The van der Waals surface area contributed by atoms with Crippen molar-refractivity contribution in [2.75, 3.05) is 44.1 Å². The first-order valence-corrected chi connectivity index (χ1v) is 11.1. The van der Waals surface area contributed by atoms with E-state index in [1.807, 2.05) is 0 Å². The Morgan fingerprint density at radius 3 is 2.32 bits per heavy atom. The van der Waals surface area contributed by atoms with E-state index in [2.05, 4.69) is 7.05 Å². The van der Waals surface area contributed by atoms with E-state index in [1.165, 1.54) is 35.2 Å².